The summed E-state index contributed by atoms with van der Waals surface area (Å²) >= 11 is 0. The van der Waals surface area contributed by atoms with Gasteiger partial charge in [0.15, 0.2) is 0 Å². The van der Waals surface area contributed by atoms with E-state index in [1.807, 2.05) is 0 Å². The van der Waals surface area contributed by atoms with Crippen LogP contribution in [0, 0.1) is 5.82 Å². The summed E-state index contributed by atoms with van der Waals surface area (Å²) in [5, 5.41) is 3.35. The van der Waals surface area contributed by atoms with Crippen molar-refractivity contribution in [2.24, 2.45) is 0 Å². The van der Waals surface area contributed by atoms with Crippen molar-refractivity contribution in [2.75, 3.05) is 13.7 Å². The van der Waals surface area contributed by atoms with Gasteiger partial charge in [-0.15, -0.1) is 0 Å². The van der Waals surface area contributed by atoms with Crippen molar-refractivity contribution in [3.05, 3.63) is 36.2 Å². The molecular weight excluding hydrogens is 247 g/mol. The first-order valence-corrected chi connectivity index (χ1v) is 6.19. The number of aromatic nitrogens is 3. The van der Waals surface area contributed by atoms with Gasteiger partial charge in [-0.1, -0.05) is 0 Å². The minimum Gasteiger partial charge on any atom is -0.380 e. The Bertz CT molecular complexity index is 554. The third-order valence-corrected chi connectivity index (χ3v) is 3.35. The van der Waals surface area contributed by atoms with Crippen LogP contribution in [0.15, 0.2) is 24.5 Å². The molecule has 2 unspecified atom stereocenters. The zero-order valence-corrected chi connectivity index (χ0v) is 10.6. The molecule has 1 fully saturated rings. The molecule has 2 atom stereocenters. The maximum atomic E-state index is 12.8. The zero-order valence-electron chi connectivity index (χ0n) is 10.6. The Morgan fingerprint density at radius 1 is 1.32 bits per heavy atom. The molecule has 1 aliphatic heterocycles. The van der Waals surface area contributed by atoms with E-state index in [9.17, 15) is 4.39 Å². The van der Waals surface area contributed by atoms with Gasteiger partial charge < -0.3 is 15.0 Å². The third kappa shape index (κ3) is 2.50. The molecule has 1 saturated heterocycles. The Hall–Kier alpha value is -1.79. The Labute approximate surface area is 110 Å². The lowest BCUT2D eigenvalue weighted by atomic mass is 10.2. The van der Waals surface area contributed by atoms with E-state index in [1.165, 1.54) is 12.3 Å². The van der Waals surface area contributed by atoms with Gasteiger partial charge in [0.2, 0.25) is 0 Å². The van der Waals surface area contributed by atoms with Gasteiger partial charge in [-0.05, 0) is 18.6 Å². The smallest absolute Gasteiger partial charge is 0.141 e. The van der Waals surface area contributed by atoms with Crippen LogP contribution in [0.1, 0.15) is 18.3 Å². The number of nitrogens with zero attached hydrogens (tertiary/aromatic N) is 2. The first-order chi connectivity index (χ1) is 9.26. The van der Waals surface area contributed by atoms with Gasteiger partial charge in [-0.3, -0.25) is 4.98 Å². The van der Waals surface area contributed by atoms with Gasteiger partial charge in [0.05, 0.1) is 35.9 Å². The second kappa shape index (κ2) is 5.07. The number of H-pyrrole nitrogens is 1. The second-order valence-corrected chi connectivity index (χ2v) is 4.60. The number of ether oxygens (including phenoxy) is 1. The van der Waals surface area contributed by atoms with Crippen LogP contribution in [0.25, 0.3) is 11.4 Å². The van der Waals surface area contributed by atoms with E-state index < -0.39 is 0 Å². The van der Waals surface area contributed by atoms with Gasteiger partial charge in [0.25, 0.3) is 0 Å². The molecule has 0 saturated carbocycles. The molecule has 3 heterocycles. The highest BCUT2D eigenvalue weighted by molar-refractivity contribution is 5.52. The topological polar surface area (TPSA) is 62.8 Å². The van der Waals surface area contributed by atoms with Gasteiger partial charge in [-0.2, -0.15) is 0 Å². The molecule has 0 radical (unpaired) electrons. The normalized spacial score (nSPS) is 22.8. The molecule has 2 aromatic rings. The predicted octanol–water partition coefficient (Wildman–Crippen LogP) is 1.66. The lowest BCUT2D eigenvalue weighted by Gasteiger charge is -2.06. The van der Waals surface area contributed by atoms with E-state index in [4.69, 9.17) is 4.74 Å². The maximum absolute atomic E-state index is 12.8. The molecule has 0 amide bonds. The summed E-state index contributed by atoms with van der Waals surface area (Å²) in [4.78, 5) is 11.6. The summed E-state index contributed by atoms with van der Waals surface area (Å²) in [6, 6.07) is 3.18. The van der Waals surface area contributed by atoms with Crippen molar-refractivity contribution in [1.29, 1.82) is 0 Å². The average Bonchev–Trinajstić information content (AvgIpc) is 3.08. The van der Waals surface area contributed by atoms with Crippen molar-refractivity contribution in [2.45, 2.75) is 18.6 Å². The van der Waals surface area contributed by atoms with Crippen LogP contribution in [0.4, 0.5) is 4.39 Å². The largest absolute Gasteiger partial charge is 0.380 e. The third-order valence-electron chi connectivity index (χ3n) is 3.35. The summed E-state index contributed by atoms with van der Waals surface area (Å²) in [7, 11) is 1.71. The maximum Gasteiger partial charge on any atom is 0.141 e. The van der Waals surface area contributed by atoms with Crippen LogP contribution >= 0.6 is 0 Å². The highest BCUT2D eigenvalue weighted by Gasteiger charge is 2.27. The molecule has 0 aromatic carbocycles. The summed E-state index contributed by atoms with van der Waals surface area (Å²) in [6.07, 6.45) is 4.03. The van der Waals surface area contributed by atoms with E-state index in [0.29, 0.717) is 5.69 Å². The van der Waals surface area contributed by atoms with Gasteiger partial charge in [0.1, 0.15) is 11.6 Å². The summed E-state index contributed by atoms with van der Waals surface area (Å²) in [5.41, 5.74) is 1.47. The molecule has 0 aliphatic carbocycles. The second-order valence-electron chi connectivity index (χ2n) is 4.60. The number of halogens is 1. The molecule has 2 N–H and O–H groups in total. The molecule has 1 aliphatic rings. The fourth-order valence-corrected chi connectivity index (χ4v) is 2.27. The predicted molar refractivity (Wildman–Crippen MR) is 67.9 cm³/mol. The molecule has 100 valence electrons. The standard InChI is InChI=1S/C13H15FN4O/c1-19-9-4-11(16-6-9)13-17-7-12(18-13)10-3-2-8(14)5-15-10/h2-3,5,7,9,11,16H,4,6H2,1H3,(H,17,18). The fourth-order valence-electron chi connectivity index (χ4n) is 2.27. The van der Waals surface area contributed by atoms with E-state index in [2.05, 4.69) is 20.3 Å². The van der Waals surface area contributed by atoms with Gasteiger partial charge >= 0.3 is 0 Å². The Morgan fingerprint density at radius 2 is 2.21 bits per heavy atom. The monoisotopic (exact) mass is 262 g/mol. The molecule has 6 heteroatoms. The average molecular weight is 262 g/mol. The molecular formula is C13H15FN4O. The number of aromatic amines is 1. The highest BCUT2D eigenvalue weighted by Crippen LogP contribution is 2.24. The SMILES string of the molecule is COC1CNC(c2ncc(-c3ccc(F)cn3)[nH]2)C1. The lowest BCUT2D eigenvalue weighted by Crippen LogP contribution is -2.16. The molecule has 5 nitrogen and oxygen atoms in total. The van der Waals surface area contributed by atoms with Crippen LogP contribution in [0.3, 0.4) is 0 Å². The molecule has 0 bridgehead atoms. The highest BCUT2D eigenvalue weighted by atomic mass is 19.1. The number of hydrogen-bond acceptors (Lipinski definition) is 4. The Kier molecular flexibility index (Phi) is 3.27. The molecule has 2 aromatic heterocycles. The molecule has 19 heavy (non-hydrogen) atoms. The first-order valence-electron chi connectivity index (χ1n) is 6.19. The zero-order chi connectivity index (χ0) is 13.2. The number of nitrogens with one attached hydrogen (secondary N) is 2. The lowest BCUT2D eigenvalue weighted by molar-refractivity contribution is 0.117. The number of methoxy groups -OCH3 is 1. The number of imidazole rings is 1. The van der Waals surface area contributed by atoms with E-state index in [-0.39, 0.29) is 18.0 Å². The first kappa shape index (κ1) is 12.3. The van der Waals surface area contributed by atoms with Crippen LogP contribution in [0.5, 0.6) is 0 Å². The van der Waals surface area contributed by atoms with Crippen molar-refractivity contribution in [1.82, 2.24) is 20.3 Å². The van der Waals surface area contributed by atoms with Crippen LogP contribution < -0.4 is 5.32 Å². The van der Waals surface area contributed by atoms with E-state index in [0.717, 1.165) is 24.5 Å². The minimum absolute atomic E-state index is 0.166. The minimum atomic E-state index is -0.344. The number of pyridine rings is 1. The van der Waals surface area contributed by atoms with Crippen molar-refractivity contribution >= 4 is 0 Å². The summed E-state index contributed by atoms with van der Waals surface area (Å²) < 4.78 is 18.1. The van der Waals surface area contributed by atoms with Crippen LogP contribution in [0.2, 0.25) is 0 Å². The fraction of sp³-hybridized carbons (Fsp3) is 0.385. The Balaban J connectivity index is 1.78. The van der Waals surface area contributed by atoms with Crippen molar-refractivity contribution in [3.63, 3.8) is 0 Å². The van der Waals surface area contributed by atoms with Crippen LogP contribution in [-0.4, -0.2) is 34.7 Å². The van der Waals surface area contributed by atoms with Crippen molar-refractivity contribution in [3.8, 4) is 11.4 Å². The molecule has 0 spiro atoms. The van der Waals surface area contributed by atoms with E-state index in [1.54, 1.807) is 19.4 Å². The number of hydrogen-bond donors (Lipinski definition) is 2. The summed E-state index contributed by atoms with van der Waals surface area (Å²) in [6.45, 7) is 0.825. The number of rotatable bonds is 3. The van der Waals surface area contributed by atoms with Crippen LogP contribution in [-0.2, 0) is 4.74 Å². The summed E-state index contributed by atoms with van der Waals surface area (Å²) in [5.74, 6) is 0.518. The molecule has 3 rings (SSSR count). The quantitative estimate of drug-likeness (QED) is 0.883. The van der Waals surface area contributed by atoms with Crippen molar-refractivity contribution < 1.29 is 9.13 Å². The van der Waals surface area contributed by atoms with Gasteiger partial charge in [0, 0.05) is 13.7 Å². The Morgan fingerprint density at radius 3 is 2.89 bits per heavy atom. The van der Waals surface area contributed by atoms with E-state index >= 15 is 0 Å². The van der Waals surface area contributed by atoms with Gasteiger partial charge in [-0.25, -0.2) is 9.37 Å².